The minimum absolute atomic E-state index is 0.476. The second kappa shape index (κ2) is 5.13. The third kappa shape index (κ3) is 2.48. The average molecular weight is 197 g/mol. The fourth-order valence-electron chi connectivity index (χ4n) is 2.96. The molecular weight excluding hydrogens is 174 g/mol. The van der Waals surface area contributed by atoms with Crippen LogP contribution >= 0.6 is 0 Å². The van der Waals surface area contributed by atoms with E-state index in [4.69, 9.17) is 4.74 Å². The maximum Gasteiger partial charge on any atom is 0.0724 e. The Kier molecular flexibility index (Phi) is 3.82. The Balaban J connectivity index is 1.81. The zero-order valence-electron chi connectivity index (χ0n) is 9.30. The molecule has 2 aliphatic rings. The Bertz CT molecular complexity index is 166. The number of methoxy groups -OCH3 is 1. The van der Waals surface area contributed by atoms with Gasteiger partial charge in [0.1, 0.15) is 0 Å². The van der Waals surface area contributed by atoms with E-state index >= 15 is 0 Å². The molecule has 0 heterocycles. The van der Waals surface area contributed by atoms with E-state index in [1.54, 1.807) is 0 Å². The summed E-state index contributed by atoms with van der Waals surface area (Å²) in [5.41, 5.74) is 0. The molecule has 0 aromatic heterocycles. The molecule has 0 aliphatic heterocycles. The van der Waals surface area contributed by atoms with Crippen LogP contribution in [0.3, 0.4) is 0 Å². The monoisotopic (exact) mass is 197 g/mol. The SMILES string of the molecule is CO[C@H]1CCCC[C@H]1NC1CCCC1. The van der Waals surface area contributed by atoms with Gasteiger partial charge in [0.05, 0.1) is 6.10 Å². The van der Waals surface area contributed by atoms with Crippen molar-refractivity contribution in [3.8, 4) is 0 Å². The van der Waals surface area contributed by atoms with Crippen molar-refractivity contribution in [2.75, 3.05) is 7.11 Å². The van der Waals surface area contributed by atoms with Crippen molar-refractivity contribution in [1.82, 2.24) is 5.32 Å². The average Bonchev–Trinajstić information content (AvgIpc) is 2.71. The minimum atomic E-state index is 0.476. The molecule has 0 aromatic rings. The molecule has 82 valence electrons. The van der Waals surface area contributed by atoms with Gasteiger partial charge < -0.3 is 10.1 Å². The van der Waals surface area contributed by atoms with Crippen LogP contribution in [0.2, 0.25) is 0 Å². The van der Waals surface area contributed by atoms with Gasteiger partial charge in [-0.2, -0.15) is 0 Å². The van der Waals surface area contributed by atoms with Crippen LogP contribution in [0.1, 0.15) is 51.4 Å². The van der Waals surface area contributed by atoms with Gasteiger partial charge in [0.25, 0.3) is 0 Å². The second-order valence-electron chi connectivity index (χ2n) is 4.81. The van der Waals surface area contributed by atoms with Crippen LogP contribution in [-0.4, -0.2) is 25.3 Å². The molecule has 2 atom stereocenters. The summed E-state index contributed by atoms with van der Waals surface area (Å²) >= 11 is 0. The lowest BCUT2D eigenvalue weighted by Crippen LogP contribution is -2.46. The first-order valence-electron chi connectivity index (χ1n) is 6.19. The molecule has 2 saturated carbocycles. The van der Waals surface area contributed by atoms with E-state index in [1.807, 2.05) is 7.11 Å². The maximum atomic E-state index is 5.55. The molecule has 0 unspecified atom stereocenters. The first-order valence-corrected chi connectivity index (χ1v) is 6.19. The van der Waals surface area contributed by atoms with Gasteiger partial charge in [0, 0.05) is 19.2 Å². The molecule has 14 heavy (non-hydrogen) atoms. The highest BCUT2D eigenvalue weighted by Crippen LogP contribution is 2.24. The fourth-order valence-corrected chi connectivity index (χ4v) is 2.96. The summed E-state index contributed by atoms with van der Waals surface area (Å²) in [6, 6.07) is 1.42. The van der Waals surface area contributed by atoms with Gasteiger partial charge in [0.15, 0.2) is 0 Å². The predicted octanol–water partition coefficient (Wildman–Crippen LogP) is 2.48. The number of hydrogen-bond acceptors (Lipinski definition) is 2. The molecule has 0 radical (unpaired) electrons. The van der Waals surface area contributed by atoms with Crippen molar-refractivity contribution < 1.29 is 4.74 Å². The van der Waals surface area contributed by atoms with Crippen LogP contribution in [0.15, 0.2) is 0 Å². The van der Waals surface area contributed by atoms with E-state index in [9.17, 15) is 0 Å². The summed E-state index contributed by atoms with van der Waals surface area (Å²) in [5.74, 6) is 0. The molecule has 0 aromatic carbocycles. The van der Waals surface area contributed by atoms with E-state index in [0.717, 1.165) is 6.04 Å². The second-order valence-corrected chi connectivity index (χ2v) is 4.81. The third-order valence-electron chi connectivity index (χ3n) is 3.81. The van der Waals surface area contributed by atoms with Gasteiger partial charge in [-0.1, -0.05) is 25.7 Å². The third-order valence-corrected chi connectivity index (χ3v) is 3.81. The van der Waals surface area contributed by atoms with Crippen LogP contribution in [0.4, 0.5) is 0 Å². The number of nitrogens with one attached hydrogen (secondary N) is 1. The smallest absolute Gasteiger partial charge is 0.0724 e. The van der Waals surface area contributed by atoms with Gasteiger partial charge in [-0.05, 0) is 25.7 Å². The Hall–Kier alpha value is -0.0800. The van der Waals surface area contributed by atoms with Crippen molar-refractivity contribution in [2.24, 2.45) is 0 Å². The van der Waals surface area contributed by atoms with Crippen molar-refractivity contribution in [1.29, 1.82) is 0 Å². The van der Waals surface area contributed by atoms with Crippen molar-refractivity contribution in [3.05, 3.63) is 0 Å². The van der Waals surface area contributed by atoms with Crippen molar-refractivity contribution >= 4 is 0 Å². The first-order chi connectivity index (χ1) is 6.90. The normalized spacial score (nSPS) is 34.9. The Morgan fingerprint density at radius 2 is 1.57 bits per heavy atom. The molecule has 2 aliphatic carbocycles. The maximum absolute atomic E-state index is 5.55. The molecule has 2 fully saturated rings. The van der Waals surface area contributed by atoms with E-state index in [1.165, 1.54) is 51.4 Å². The van der Waals surface area contributed by atoms with E-state index in [2.05, 4.69) is 5.32 Å². The van der Waals surface area contributed by atoms with Crippen LogP contribution < -0.4 is 5.32 Å². The van der Waals surface area contributed by atoms with E-state index in [0.29, 0.717) is 12.1 Å². The summed E-state index contributed by atoms with van der Waals surface area (Å²) < 4.78 is 5.55. The first kappa shape index (κ1) is 10.4. The number of ether oxygens (including phenoxy) is 1. The van der Waals surface area contributed by atoms with Crippen LogP contribution in [0, 0.1) is 0 Å². The van der Waals surface area contributed by atoms with Gasteiger partial charge in [-0.25, -0.2) is 0 Å². The molecule has 0 spiro atoms. The molecule has 2 heteroatoms. The summed E-state index contributed by atoms with van der Waals surface area (Å²) in [6.07, 6.45) is 11.4. The molecule has 0 saturated heterocycles. The van der Waals surface area contributed by atoms with Gasteiger partial charge in [-0.15, -0.1) is 0 Å². The zero-order chi connectivity index (χ0) is 9.80. The fraction of sp³-hybridized carbons (Fsp3) is 1.00. The summed E-state index contributed by atoms with van der Waals surface area (Å²) in [6.45, 7) is 0. The highest BCUT2D eigenvalue weighted by molar-refractivity contribution is 4.86. The highest BCUT2D eigenvalue weighted by atomic mass is 16.5. The summed E-state index contributed by atoms with van der Waals surface area (Å²) in [7, 11) is 1.86. The molecular formula is C12H23NO. The molecule has 1 N–H and O–H groups in total. The predicted molar refractivity (Wildman–Crippen MR) is 58.4 cm³/mol. The van der Waals surface area contributed by atoms with E-state index in [-0.39, 0.29) is 0 Å². The standard InChI is InChI=1S/C12H23NO/c1-14-12-9-5-4-8-11(12)13-10-6-2-3-7-10/h10-13H,2-9H2,1H3/t11-,12+/m1/s1. The quantitative estimate of drug-likeness (QED) is 0.750. The number of hydrogen-bond donors (Lipinski definition) is 1. The lowest BCUT2D eigenvalue weighted by molar-refractivity contribution is 0.0380. The van der Waals surface area contributed by atoms with E-state index < -0.39 is 0 Å². The topological polar surface area (TPSA) is 21.3 Å². The van der Waals surface area contributed by atoms with Gasteiger partial charge >= 0.3 is 0 Å². The van der Waals surface area contributed by atoms with Crippen LogP contribution in [0.5, 0.6) is 0 Å². The van der Waals surface area contributed by atoms with Crippen molar-refractivity contribution in [3.63, 3.8) is 0 Å². The lowest BCUT2D eigenvalue weighted by Gasteiger charge is -2.33. The zero-order valence-corrected chi connectivity index (χ0v) is 9.30. The number of rotatable bonds is 3. The summed E-state index contributed by atoms with van der Waals surface area (Å²) in [5, 5.41) is 3.79. The van der Waals surface area contributed by atoms with Gasteiger partial charge in [0.2, 0.25) is 0 Å². The Morgan fingerprint density at radius 1 is 0.929 bits per heavy atom. The molecule has 2 nitrogen and oxygen atoms in total. The Labute approximate surface area is 87.4 Å². The molecule has 2 rings (SSSR count). The van der Waals surface area contributed by atoms with Crippen LogP contribution in [-0.2, 0) is 4.74 Å². The molecule has 0 amide bonds. The van der Waals surface area contributed by atoms with Gasteiger partial charge in [-0.3, -0.25) is 0 Å². The molecule has 0 bridgehead atoms. The summed E-state index contributed by atoms with van der Waals surface area (Å²) in [4.78, 5) is 0. The van der Waals surface area contributed by atoms with Crippen LogP contribution in [0.25, 0.3) is 0 Å². The van der Waals surface area contributed by atoms with Crippen molar-refractivity contribution in [2.45, 2.75) is 69.6 Å². The Morgan fingerprint density at radius 3 is 2.29 bits per heavy atom. The highest BCUT2D eigenvalue weighted by Gasteiger charge is 2.27. The lowest BCUT2D eigenvalue weighted by atomic mass is 9.91. The largest absolute Gasteiger partial charge is 0.380 e. The minimum Gasteiger partial charge on any atom is -0.380 e.